The summed E-state index contributed by atoms with van der Waals surface area (Å²) in [6.07, 6.45) is 8.43. The molecule has 4 bridgehead atoms. The lowest BCUT2D eigenvalue weighted by Gasteiger charge is -2.61. The zero-order valence-corrected chi connectivity index (χ0v) is 14.2. The van der Waals surface area contributed by atoms with Gasteiger partial charge in [-0.2, -0.15) is 0 Å². The lowest BCUT2D eigenvalue weighted by atomic mass is 9.43. The molecular formula is C21H26FNO. The van der Waals surface area contributed by atoms with Crippen LogP contribution in [0.2, 0.25) is 0 Å². The van der Waals surface area contributed by atoms with E-state index in [1.165, 1.54) is 32.1 Å². The van der Waals surface area contributed by atoms with E-state index in [0.717, 1.165) is 43.3 Å². The largest absolute Gasteiger partial charge is 0.342 e. The minimum absolute atomic E-state index is 0.202. The number of amides is 1. The molecule has 24 heavy (non-hydrogen) atoms. The van der Waals surface area contributed by atoms with Crippen molar-refractivity contribution < 1.29 is 9.18 Å². The normalized spacial score (nSPS) is 40.3. The zero-order valence-electron chi connectivity index (χ0n) is 14.2. The molecule has 3 heteroatoms. The first kappa shape index (κ1) is 14.9. The summed E-state index contributed by atoms with van der Waals surface area (Å²) < 4.78 is 13.5. The van der Waals surface area contributed by atoms with Gasteiger partial charge in [0.2, 0.25) is 5.91 Å². The second-order valence-corrected chi connectivity index (χ2v) is 8.68. The van der Waals surface area contributed by atoms with Gasteiger partial charge in [-0.05, 0) is 86.3 Å². The van der Waals surface area contributed by atoms with Gasteiger partial charge in [0.05, 0.1) is 5.41 Å². The van der Waals surface area contributed by atoms with Gasteiger partial charge in [-0.25, -0.2) is 4.39 Å². The number of benzene rings is 1. The molecule has 1 aromatic carbocycles. The van der Waals surface area contributed by atoms with E-state index in [1.807, 2.05) is 12.1 Å². The highest BCUT2D eigenvalue weighted by Crippen LogP contribution is 2.63. The molecule has 1 aromatic rings. The van der Waals surface area contributed by atoms with Gasteiger partial charge in [0.25, 0.3) is 0 Å². The number of carbonyl (C=O) groups is 1. The third kappa shape index (κ3) is 1.96. The molecule has 1 saturated heterocycles. The fraction of sp³-hybridized carbons (Fsp3) is 0.667. The highest BCUT2D eigenvalue weighted by molar-refractivity contribution is 5.90. The minimum Gasteiger partial charge on any atom is -0.342 e. The van der Waals surface area contributed by atoms with E-state index in [1.54, 1.807) is 12.1 Å². The van der Waals surface area contributed by atoms with Gasteiger partial charge >= 0.3 is 0 Å². The van der Waals surface area contributed by atoms with Crippen LogP contribution in [-0.2, 0) is 10.2 Å². The van der Waals surface area contributed by atoms with E-state index in [0.29, 0.717) is 17.7 Å². The number of halogens is 1. The maximum Gasteiger partial charge on any atom is 0.233 e. The van der Waals surface area contributed by atoms with Crippen molar-refractivity contribution >= 4 is 5.91 Å². The Morgan fingerprint density at radius 2 is 1.46 bits per heavy atom. The summed E-state index contributed by atoms with van der Waals surface area (Å²) in [4.78, 5) is 15.9. The summed E-state index contributed by atoms with van der Waals surface area (Å²) in [6.45, 7) is 1.82. The summed E-state index contributed by atoms with van der Waals surface area (Å²) in [5.41, 5.74) is 0.723. The van der Waals surface area contributed by atoms with Crippen LogP contribution in [0, 0.1) is 29.5 Å². The summed E-state index contributed by atoms with van der Waals surface area (Å²) in [6, 6.07) is 6.93. The van der Waals surface area contributed by atoms with Crippen LogP contribution >= 0.6 is 0 Å². The molecule has 128 valence electrons. The van der Waals surface area contributed by atoms with Crippen LogP contribution in [0.25, 0.3) is 0 Å². The number of nitrogens with zero attached hydrogens (tertiary/aromatic N) is 1. The first-order valence-electron chi connectivity index (χ1n) is 9.73. The Balaban J connectivity index is 1.63. The van der Waals surface area contributed by atoms with Crippen molar-refractivity contribution in [3.05, 3.63) is 35.6 Å². The Bertz CT molecular complexity index is 618. The molecule has 0 unspecified atom stereocenters. The molecule has 1 aliphatic heterocycles. The van der Waals surface area contributed by atoms with Crippen molar-refractivity contribution in [3.8, 4) is 0 Å². The maximum atomic E-state index is 13.8. The van der Waals surface area contributed by atoms with Crippen LogP contribution in [-0.4, -0.2) is 23.9 Å². The van der Waals surface area contributed by atoms with Gasteiger partial charge < -0.3 is 4.90 Å². The Hall–Kier alpha value is -1.38. The lowest BCUT2D eigenvalue weighted by molar-refractivity contribution is -0.154. The molecule has 4 aliphatic carbocycles. The average molecular weight is 327 g/mol. The Labute approximate surface area is 143 Å². The van der Waals surface area contributed by atoms with E-state index in [4.69, 9.17) is 0 Å². The average Bonchev–Trinajstić information content (AvgIpc) is 3.10. The first-order chi connectivity index (χ1) is 11.7. The third-order valence-electron chi connectivity index (χ3n) is 7.50. The molecule has 0 spiro atoms. The standard InChI is InChI=1S/C21H26FNO/c22-19-5-3-16(4-6-19)21(20(24)23-7-1-2-8-23)17-10-14-9-15(12-17)13-18(21)11-14/h3-6,14-15,17-18H,1-2,7-13H2. The summed E-state index contributed by atoms with van der Waals surface area (Å²) in [5, 5.41) is 0. The molecule has 6 rings (SSSR count). The molecule has 0 atom stereocenters. The SMILES string of the molecule is O=C(N1CCCC1)C1(c2ccc(F)cc2)C2CC3CC(C2)CC1C3. The van der Waals surface area contributed by atoms with Gasteiger partial charge in [-0.15, -0.1) is 0 Å². The molecule has 0 aromatic heterocycles. The van der Waals surface area contributed by atoms with E-state index < -0.39 is 0 Å². The van der Waals surface area contributed by atoms with Crippen molar-refractivity contribution in [3.63, 3.8) is 0 Å². The lowest BCUT2D eigenvalue weighted by Crippen LogP contribution is -2.62. The number of hydrogen-bond donors (Lipinski definition) is 0. The molecule has 2 nitrogen and oxygen atoms in total. The molecule has 0 N–H and O–H groups in total. The predicted octanol–water partition coefficient (Wildman–Crippen LogP) is 4.14. The highest BCUT2D eigenvalue weighted by Gasteiger charge is 2.62. The smallest absolute Gasteiger partial charge is 0.233 e. The fourth-order valence-corrected chi connectivity index (χ4v) is 6.78. The van der Waals surface area contributed by atoms with Crippen LogP contribution in [0.4, 0.5) is 4.39 Å². The van der Waals surface area contributed by atoms with Crippen LogP contribution in [0.15, 0.2) is 24.3 Å². The fourth-order valence-electron chi connectivity index (χ4n) is 6.78. The van der Waals surface area contributed by atoms with Crippen LogP contribution in [0.1, 0.15) is 50.5 Å². The highest BCUT2D eigenvalue weighted by atomic mass is 19.1. The molecule has 5 fully saturated rings. The quantitative estimate of drug-likeness (QED) is 0.799. The number of rotatable bonds is 2. The molecule has 0 radical (unpaired) electrons. The number of hydrogen-bond acceptors (Lipinski definition) is 1. The summed E-state index contributed by atoms with van der Waals surface area (Å²) in [5.74, 6) is 2.74. The Kier molecular flexibility index (Phi) is 3.30. The van der Waals surface area contributed by atoms with Crippen LogP contribution in [0.3, 0.4) is 0 Å². The predicted molar refractivity (Wildman–Crippen MR) is 90.9 cm³/mol. The minimum atomic E-state index is -0.370. The van der Waals surface area contributed by atoms with E-state index >= 15 is 0 Å². The Morgan fingerprint density at radius 3 is 2.00 bits per heavy atom. The van der Waals surface area contributed by atoms with Crippen molar-refractivity contribution in [2.45, 2.75) is 50.4 Å². The van der Waals surface area contributed by atoms with Gasteiger partial charge in [0.15, 0.2) is 0 Å². The van der Waals surface area contributed by atoms with Gasteiger partial charge in [-0.1, -0.05) is 12.1 Å². The Morgan fingerprint density at radius 1 is 0.917 bits per heavy atom. The molecular weight excluding hydrogens is 301 g/mol. The summed E-state index contributed by atoms with van der Waals surface area (Å²) in [7, 11) is 0. The summed E-state index contributed by atoms with van der Waals surface area (Å²) >= 11 is 0. The van der Waals surface area contributed by atoms with Crippen LogP contribution in [0.5, 0.6) is 0 Å². The first-order valence-corrected chi connectivity index (χ1v) is 9.73. The van der Waals surface area contributed by atoms with E-state index in [2.05, 4.69) is 4.90 Å². The molecule has 1 heterocycles. The second-order valence-electron chi connectivity index (χ2n) is 8.68. The topological polar surface area (TPSA) is 20.3 Å². The zero-order chi connectivity index (χ0) is 16.3. The van der Waals surface area contributed by atoms with Gasteiger partial charge in [0, 0.05) is 13.1 Å². The number of carbonyl (C=O) groups excluding carboxylic acids is 1. The second kappa shape index (κ2) is 5.31. The monoisotopic (exact) mass is 327 g/mol. The molecule has 4 saturated carbocycles. The van der Waals surface area contributed by atoms with Crippen LogP contribution < -0.4 is 0 Å². The van der Waals surface area contributed by atoms with E-state index in [9.17, 15) is 9.18 Å². The third-order valence-corrected chi connectivity index (χ3v) is 7.50. The van der Waals surface area contributed by atoms with Crippen molar-refractivity contribution in [1.82, 2.24) is 4.90 Å². The van der Waals surface area contributed by atoms with Crippen molar-refractivity contribution in [2.24, 2.45) is 23.7 Å². The maximum absolute atomic E-state index is 13.8. The van der Waals surface area contributed by atoms with Crippen molar-refractivity contribution in [2.75, 3.05) is 13.1 Å². The van der Waals surface area contributed by atoms with Gasteiger partial charge in [0.1, 0.15) is 5.82 Å². The van der Waals surface area contributed by atoms with Gasteiger partial charge in [-0.3, -0.25) is 4.79 Å². The molecule has 1 amide bonds. The number of likely N-dealkylation sites (tertiary alicyclic amines) is 1. The van der Waals surface area contributed by atoms with Crippen molar-refractivity contribution in [1.29, 1.82) is 0 Å². The molecule has 5 aliphatic rings. The van der Waals surface area contributed by atoms with E-state index in [-0.39, 0.29) is 11.2 Å².